The molecule has 0 aromatic heterocycles. The molecule has 0 fully saturated rings. The number of aliphatic imine (C=N–C) groups is 2. The topological polar surface area (TPSA) is 136 Å². The summed E-state index contributed by atoms with van der Waals surface area (Å²) in [5.41, 5.74) is -12.2. The fourth-order valence-corrected chi connectivity index (χ4v) is 3.87. The molecule has 33 heavy (non-hydrogen) atoms. The molecule has 0 unspecified atom stereocenters. The molecule has 0 saturated carbocycles. The van der Waals surface area contributed by atoms with Crippen LogP contribution in [0.5, 0.6) is 0 Å². The van der Waals surface area contributed by atoms with Crippen molar-refractivity contribution < 1.29 is 52.7 Å². The molecular formula is C15H22F6N4O6S2. The summed E-state index contributed by atoms with van der Waals surface area (Å²) in [5, 5.41) is 0. The number of sulfonamides is 2. The van der Waals surface area contributed by atoms with E-state index in [0.29, 0.717) is 0 Å². The van der Waals surface area contributed by atoms with Gasteiger partial charge in [0.15, 0.2) is 11.8 Å². The Morgan fingerprint density at radius 1 is 0.758 bits per heavy atom. The van der Waals surface area contributed by atoms with E-state index in [9.17, 15) is 43.2 Å². The number of ether oxygens (including phenoxy) is 2. The van der Waals surface area contributed by atoms with Gasteiger partial charge in [0, 0.05) is 13.1 Å². The van der Waals surface area contributed by atoms with E-state index in [0.717, 1.165) is 0 Å². The third-order valence-corrected chi connectivity index (χ3v) is 7.20. The molecule has 0 aromatic carbocycles. The highest BCUT2D eigenvalue weighted by Crippen LogP contribution is 2.33. The van der Waals surface area contributed by atoms with Crippen LogP contribution in [0.4, 0.5) is 26.3 Å². The number of hydrogen-bond donors (Lipinski definition) is 2. The SMILES string of the molecule is C[C@H]1OC(C(C)(C)C2=N[C@H](CNS(=O)(=O)C(F)(F)F)[C@@H](C)O2)=N[C@@H]1CNS(=O)(=O)C(F)(F)F. The highest BCUT2D eigenvalue weighted by molar-refractivity contribution is 7.90. The molecule has 0 bridgehead atoms. The molecule has 2 N–H and O–H groups in total. The maximum Gasteiger partial charge on any atom is 0.511 e. The molecule has 0 amide bonds. The minimum atomic E-state index is -5.58. The van der Waals surface area contributed by atoms with Gasteiger partial charge in [0.1, 0.15) is 29.7 Å². The average molecular weight is 532 g/mol. The van der Waals surface area contributed by atoms with Crippen LogP contribution in [0.3, 0.4) is 0 Å². The van der Waals surface area contributed by atoms with E-state index in [2.05, 4.69) is 9.98 Å². The fraction of sp³-hybridized carbons (Fsp3) is 0.867. The molecule has 192 valence electrons. The van der Waals surface area contributed by atoms with Gasteiger partial charge < -0.3 is 9.47 Å². The van der Waals surface area contributed by atoms with Crippen LogP contribution >= 0.6 is 0 Å². The van der Waals surface area contributed by atoms with Gasteiger partial charge in [-0.25, -0.2) is 36.3 Å². The molecule has 2 rings (SSSR count). The third-order valence-electron chi connectivity index (χ3n) is 4.89. The van der Waals surface area contributed by atoms with E-state index in [1.54, 1.807) is 0 Å². The van der Waals surface area contributed by atoms with Gasteiger partial charge in [-0.05, 0) is 27.7 Å². The number of rotatable bonds is 8. The van der Waals surface area contributed by atoms with Gasteiger partial charge in [-0.15, -0.1) is 0 Å². The smallest absolute Gasteiger partial charge is 0.475 e. The minimum absolute atomic E-state index is 0.0475. The Morgan fingerprint density at radius 3 is 1.33 bits per heavy atom. The van der Waals surface area contributed by atoms with Gasteiger partial charge in [0.25, 0.3) is 0 Å². The van der Waals surface area contributed by atoms with Crippen LogP contribution in [0.1, 0.15) is 27.7 Å². The zero-order valence-corrected chi connectivity index (χ0v) is 19.3. The summed E-state index contributed by atoms with van der Waals surface area (Å²) in [6, 6.07) is -2.02. The fourth-order valence-electron chi connectivity index (χ4n) is 2.77. The zero-order chi connectivity index (χ0) is 25.6. The standard InChI is InChI=1S/C15H22F6N4O6S2/c1-7-9(5-22-32(26,27)14(16,17)18)24-11(30-7)13(3,4)12-25-10(8(2)31-12)6-23-33(28,29)15(19,20)21/h7-10,22-23H,5-6H2,1-4H3/t7-,8-,9-,10-/m1/s1. The summed E-state index contributed by atoms with van der Waals surface area (Å²) in [6.07, 6.45) is -1.63. The van der Waals surface area contributed by atoms with Gasteiger partial charge in [-0.1, -0.05) is 0 Å². The first-order valence-corrected chi connectivity index (χ1v) is 12.3. The zero-order valence-electron chi connectivity index (χ0n) is 17.7. The second-order valence-corrected chi connectivity index (χ2v) is 11.4. The maximum atomic E-state index is 12.5. The summed E-state index contributed by atoms with van der Waals surface area (Å²) in [6.45, 7) is 4.52. The van der Waals surface area contributed by atoms with Crippen LogP contribution in [-0.4, -0.2) is 77.0 Å². The number of hydrogen-bond acceptors (Lipinski definition) is 8. The van der Waals surface area contributed by atoms with Crippen LogP contribution in [0.2, 0.25) is 0 Å². The van der Waals surface area contributed by atoms with Crippen molar-refractivity contribution in [1.29, 1.82) is 0 Å². The minimum Gasteiger partial charge on any atom is -0.475 e. The summed E-state index contributed by atoms with van der Waals surface area (Å²) in [5.74, 6) is -0.0950. The van der Waals surface area contributed by atoms with Gasteiger partial charge in [-0.2, -0.15) is 26.3 Å². The molecule has 4 atom stereocenters. The number of alkyl halides is 6. The number of nitrogens with one attached hydrogen (secondary N) is 2. The molecule has 0 aromatic rings. The van der Waals surface area contributed by atoms with Gasteiger partial charge in [0.05, 0.1) is 0 Å². The second kappa shape index (κ2) is 8.84. The van der Waals surface area contributed by atoms with Crippen LogP contribution in [0.25, 0.3) is 0 Å². The van der Waals surface area contributed by atoms with Crippen LogP contribution < -0.4 is 9.44 Å². The van der Waals surface area contributed by atoms with Crippen LogP contribution in [0, 0.1) is 5.41 Å². The molecule has 0 aliphatic carbocycles. The lowest BCUT2D eigenvalue weighted by Crippen LogP contribution is -2.41. The van der Waals surface area contributed by atoms with Crippen molar-refractivity contribution in [2.75, 3.05) is 13.1 Å². The molecular weight excluding hydrogens is 510 g/mol. The van der Waals surface area contributed by atoms with Crippen LogP contribution in [0.15, 0.2) is 9.98 Å². The van der Waals surface area contributed by atoms with Gasteiger partial charge >= 0.3 is 31.1 Å². The predicted molar refractivity (Wildman–Crippen MR) is 103 cm³/mol. The average Bonchev–Trinajstić information content (AvgIpc) is 3.20. The van der Waals surface area contributed by atoms with Crippen molar-refractivity contribution in [3.8, 4) is 0 Å². The molecule has 0 radical (unpaired) electrons. The lowest BCUT2D eigenvalue weighted by molar-refractivity contribution is -0.0454. The highest BCUT2D eigenvalue weighted by atomic mass is 32.2. The summed E-state index contributed by atoms with van der Waals surface area (Å²) < 4.78 is 134. The Balaban J connectivity index is 2.13. The summed E-state index contributed by atoms with van der Waals surface area (Å²) in [7, 11) is -11.2. The molecule has 2 heterocycles. The Hall–Kier alpha value is -1.66. The van der Waals surface area contributed by atoms with Gasteiger partial charge in [0.2, 0.25) is 0 Å². The number of halogens is 6. The van der Waals surface area contributed by atoms with Crippen molar-refractivity contribution in [2.45, 2.75) is 63.0 Å². The normalized spacial score (nSPS) is 27.1. The first-order valence-electron chi connectivity index (χ1n) is 9.31. The molecule has 10 nitrogen and oxygen atoms in total. The Labute approximate surface area is 185 Å². The van der Waals surface area contributed by atoms with E-state index in [1.807, 2.05) is 0 Å². The lowest BCUT2D eigenvalue weighted by Gasteiger charge is -2.24. The van der Waals surface area contributed by atoms with E-state index < -0.39 is 73.9 Å². The molecule has 0 saturated heterocycles. The predicted octanol–water partition coefficient (Wildman–Crippen LogP) is 1.26. The van der Waals surface area contributed by atoms with Crippen molar-refractivity contribution in [1.82, 2.24) is 9.44 Å². The summed E-state index contributed by atoms with van der Waals surface area (Å²) >= 11 is 0. The largest absolute Gasteiger partial charge is 0.511 e. The summed E-state index contributed by atoms with van der Waals surface area (Å²) in [4.78, 5) is 8.23. The van der Waals surface area contributed by atoms with E-state index in [-0.39, 0.29) is 11.8 Å². The second-order valence-electron chi connectivity index (χ2n) is 7.87. The Morgan fingerprint density at radius 2 is 1.06 bits per heavy atom. The maximum absolute atomic E-state index is 12.5. The van der Waals surface area contributed by atoms with Crippen molar-refractivity contribution in [2.24, 2.45) is 15.4 Å². The highest BCUT2D eigenvalue weighted by Gasteiger charge is 2.49. The molecule has 0 spiro atoms. The van der Waals surface area contributed by atoms with E-state index in [4.69, 9.17) is 9.47 Å². The van der Waals surface area contributed by atoms with Crippen molar-refractivity contribution >= 4 is 31.8 Å². The quantitative estimate of drug-likeness (QED) is 0.452. The lowest BCUT2D eigenvalue weighted by atomic mass is 9.93. The molecule has 2 aliphatic heterocycles. The molecule has 18 heteroatoms. The van der Waals surface area contributed by atoms with Crippen molar-refractivity contribution in [3.63, 3.8) is 0 Å². The first-order chi connectivity index (χ1) is 14.7. The van der Waals surface area contributed by atoms with E-state index in [1.165, 1.54) is 37.1 Å². The first kappa shape index (κ1) is 27.6. The van der Waals surface area contributed by atoms with Crippen molar-refractivity contribution in [3.05, 3.63) is 0 Å². The Kier molecular flexibility index (Phi) is 7.39. The monoisotopic (exact) mass is 532 g/mol. The van der Waals surface area contributed by atoms with E-state index >= 15 is 0 Å². The third kappa shape index (κ3) is 5.89. The van der Waals surface area contributed by atoms with Crippen LogP contribution in [-0.2, 0) is 29.5 Å². The van der Waals surface area contributed by atoms with Gasteiger partial charge in [-0.3, -0.25) is 0 Å². The molecule has 2 aliphatic rings. The Bertz CT molecular complexity index is 942. The number of nitrogens with zero attached hydrogens (tertiary/aromatic N) is 2.